The minimum absolute atomic E-state index is 0.132. The number of hydrazine groups is 1. The van der Waals surface area contributed by atoms with Crippen molar-refractivity contribution in [1.82, 2.24) is 10.9 Å². The monoisotopic (exact) mass is 342 g/mol. The van der Waals surface area contributed by atoms with Crippen LogP contribution in [0.2, 0.25) is 0 Å². The lowest BCUT2D eigenvalue weighted by molar-refractivity contribution is -0.123. The van der Waals surface area contributed by atoms with Gasteiger partial charge in [-0.25, -0.2) is 0 Å². The third-order valence-corrected chi connectivity index (χ3v) is 3.86. The molecule has 1 aliphatic rings. The molecule has 25 heavy (non-hydrogen) atoms. The standard InChI is InChI=1S/C18H18N2O5/c1-11-4-3-5-14(12(11)2)23-9-17(21)19-20-18(22)13-6-7-15-16(8-13)25-10-24-15/h3-8H,9-10H2,1-2H3,(H,19,21)(H,20,22). The fraction of sp³-hybridized carbons (Fsp3) is 0.222. The maximum absolute atomic E-state index is 12.1. The summed E-state index contributed by atoms with van der Waals surface area (Å²) in [6, 6.07) is 10.4. The Hall–Kier alpha value is -3.22. The minimum atomic E-state index is -0.463. The molecule has 2 aromatic carbocycles. The van der Waals surface area contributed by atoms with Gasteiger partial charge in [0.05, 0.1) is 0 Å². The Bertz CT molecular complexity index is 819. The molecular formula is C18H18N2O5. The van der Waals surface area contributed by atoms with Gasteiger partial charge in [0.2, 0.25) is 6.79 Å². The van der Waals surface area contributed by atoms with E-state index in [0.717, 1.165) is 11.1 Å². The predicted molar refractivity (Wildman–Crippen MR) is 89.6 cm³/mol. The Labute approximate surface area is 144 Å². The van der Waals surface area contributed by atoms with Crippen molar-refractivity contribution in [3.8, 4) is 17.2 Å². The average Bonchev–Trinajstić information content (AvgIpc) is 3.08. The van der Waals surface area contributed by atoms with Gasteiger partial charge in [0.25, 0.3) is 11.8 Å². The van der Waals surface area contributed by atoms with Gasteiger partial charge in [-0.1, -0.05) is 12.1 Å². The van der Waals surface area contributed by atoms with Crippen molar-refractivity contribution >= 4 is 11.8 Å². The van der Waals surface area contributed by atoms with Gasteiger partial charge in [0.1, 0.15) is 5.75 Å². The highest BCUT2D eigenvalue weighted by Crippen LogP contribution is 2.32. The summed E-state index contributed by atoms with van der Waals surface area (Å²) in [4.78, 5) is 23.9. The molecule has 1 aliphatic heterocycles. The highest BCUT2D eigenvalue weighted by Gasteiger charge is 2.16. The molecule has 2 aromatic rings. The number of carbonyl (C=O) groups is 2. The summed E-state index contributed by atoms with van der Waals surface area (Å²) in [7, 11) is 0. The van der Waals surface area contributed by atoms with Crippen LogP contribution in [0.4, 0.5) is 0 Å². The van der Waals surface area contributed by atoms with Crippen LogP contribution in [-0.4, -0.2) is 25.2 Å². The smallest absolute Gasteiger partial charge is 0.276 e. The summed E-state index contributed by atoms with van der Waals surface area (Å²) < 4.78 is 15.9. The second-order valence-corrected chi connectivity index (χ2v) is 5.56. The molecule has 0 unspecified atom stereocenters. The second-order valence-electron chi connectivity index (χ2n) is 5.56. The van der Waals surface area contributed by atoms with Gasteiger partial charge >= 0.3 is 0 Å². The van der Waals surface area contributed by atoms with E-state index in [-0.39, 0.29) is 13.4 Å². The predicted octanol–water partition coefficient (Wildman–Crippen LogP) is 1.87. The topological polar surface area (TPSA) is 85.9 Å². The zero-order chi connectivity index (χ0) is 17.8. The maximum Gasteiger partial charge on any atom is 0.276 e. The first-order chi connectivity index (χ1) is 12.0. The van der Waals surface area contributed by atoms with E-state index in [1.54, 1.807) is 24.3 Å². The maximum atomic E-state index is 12.1. The summed E-state index contributed by atoms with van der Waals surface area (Å²) in [5.74, 6) is 0.797. The van der Waals surface area contributed by atoms with E-state index >= 15 is 0 Å². The molecular weight excluding hydrogens is 324 g/mol. The zero-order valence-electron chi connectivity index (χ0n) is 13.9. The Kier molecular flexibility index (Phi) is 4.74. The number of hydrogen-bond donors (Lipinski definition) is 2. The Morgan fingerprint density at radius 2 is 1.88 bits per heavy atom. The van der Waals surface area contributed by atoms with Crippen LogP contribution >= 0.6 is 0 Å². The van der Waals surface area contributed by atoms with Gasteiger partial charge in [-0.3, -0.25) is 20.4 Å². The van der Waals surface area contributed by atoms with E-state index in [9.17, 15) is 9.59 Å². The molecule has 0 bridgehead atoms. The first kappa shape index (κ1) is 16.6. The Balaban J connectivity index is 1.50. The van der Waals surface area contributed by atoms with Crippen LogP contribution in [-0.2, 0) is 4.79 Å². The molecule has 2 N–H and O–H groups in total. The molecule has 7 heteroatoms. The zero-order valence-corrected chi connectivity index (χ0v) is 13.9. The summed E-state index contributed by atoms with van der Waals surface area (Å²) in [6.07, 6.45) is 0. The van der Waals surface area contributed by atoms with E-state index in [4.69, 9.17) is 14.2 Å². The molecule has 0 spiro atoms. The molecule has 3 rings (SSSR count). The number of amides is 2. The van der Waals surface area contributed by atoms with Crippen LogP contribution in [0.3, 0.4) is 0 Å². The lowest BCUT2D eigenvalue weighted by atomic mass is 10.1. The van der Waals surface area contributed by atoms with Crippen molar-refractivity contribution in [2.45, 2.75) is 13.8 Å². The highest BCUT2D eigenvalue weighted by atomic mass is 16.7. The molecule has 0 atom stereocenters. The van der Waals surface area contributed by atoms with Gasteiger partial charge < -0.3 is 14.2 Å². The van der Waals surface area contributed by atoms with Crippen LogP contribution in [0, 0.1) is 13.8 Å². The number of fused-ring (bicyclic) bond motifs is 1. The Morgan fingerprint density at radius 3 is 2.72 bits per heavy atom. The van der Waals surface area contributed by atoms with Gasteiger partial charge in [0, 0.05) is 5.56 Å². The molecule has 0 saturated carbocycles. The average molecular weight is 342 g/mol. The lowest BCUT2D eigenvalue weighted by Gasteiger charge is -2.11. The molecule has 0 fully saturated rings. The fourth-order valence-electron chi connectivity index (χ4n) is 2.30. The summed E-state index contributed by atoms with van der Waals surface area (Å²) in [6.45, 7) is 3.82. The Morgan fingerprint density at radius 1 is 1.08 bits per heavy atom. The summed E-state index contributed by atoms with van der Waals surface area (Å²) >= 11 is 0. The van der Waals surface area contributed by atoms with Gasteiger partial charge in [-0.2, -0.15) is 0 Å². The first-order valence-corrected chi connectivity index (χ1v) is 7.72. The van der Waals surface area contributed by atoms with Crippen molar-refractivity contribution < 1.29 is 23.8 Å². The van der Waals surface area contributed by atoms with Crippen LogP contribution < -0.4 is 25.1 Å². The quantitative estimate of drug-likeness (QED) is 0.829. The van der Waals surface area contributed by atoms with Crippen molar-refractivity contribution in [3.05, 3.63) is 53.1 Å². The summed E-state index contributed by atoms with van der Waals surface area (Å²) in [5, 5.41) is 0. The summed E-state index contributed by atoms with van der Waals surface area (Å²) in [5.41, 5.74) is 7.05. The number of rotatable bonds is 4. The van der Waals surface area contributed by atoms with Crippen molar-refractivity contribution in [2.24, 2.45) is 0 Å². The van der Waals surface area contributed by atoms with Gasteiger partial charge in [0.15, 0.2) is 18.1 Å². The van der Waals surface area contributed by atoms with Crippen LogP contribution in [0.1, 0.15) is 21.5 Å². The third-order valence-electron chi connectivity index (χ3n) is 3.86. The number of aryl methyl sites for hydroxylation is 1. The van der Waals surface area contributed by atoms with E-state index in [1.807, 2.05) is 26.0 Å². The van der Waals surface area contributed by atoms with E-state index in [0.29, 0.717) is 22.8 Å². The molecule has 1 heterocycles. The number of carbonyl (C=O) groups excluding carboxylic acids is 2. The van der Waals surface area contributed by atoms with Crippen LogP contribution in [0.25, 0.3) is 0 Å². The normalized spacial score (nSPS) is 11.8. The number of nitrogens with one attached hydrogen (secondary N) is 2. The molecule has 0 radical (unpaired) electrons. The molecule has 0 saturated heterocycles. The van der Waals surface area contributed by atoms with Gasteiger partial charge in [-0.15, -0.1) is 0 Å². The van der Waals surface area contributed by atoms with E-state index in [1.165, 1.54) is 0 Å². The van der Waals surface area contributed by atoms with Crippen molar-refractivity contribution in [2.75, 3.05) is 13.4 Å². The van der Waals surface area contributed by atoms with Crippen molar-refractivity contribution in [1.29, 1.82) is 0 Å². The van der Waals surface area contributed by atoms with Crippen molar-refractivity contribution in [3.63, 3.8) is 0 Å². The largest absolute Gasteiger partial charge is 0.483 e. The fourth-order valence-corrected chi connectivity index (χ4v) is 2.30. The van der Waals surface area contributed by atoms with E-state index < -0.39 is 11.8 Å². The van der Waals surface area contributed by atoms with Crippen LogP contribution in [0.5, 0.6) is 17.2 Å². The second kappa shape index (κ2) is 7.12. The van der Waals surface area contributed by atoms with Crippen LogP contribution in [0.15, 0.2) is 36.4 Å². The minimum Gasteiger partial charge on any atom is -0.483 e. The number of benzene rings is 2. The lowest BCUT2D eigenvalue weighted by Crippen LogP contribution is -2.43. The van der Waals surface area contributed by atoms with Gasteiger partial charge in [-0.05, 0) is 49.2 Å². The molecule has 0 aliphatic carbocycles. The number of hydrogen-bond acceptors (Lipinski definition) is 5. The molecule has 2 amide bonds. The third kappa shape index (κ3) is 3.82. The number of ether oxygens (including phenoxy) is 3. The van der Waals surface area contributed by atoms with E-state index in [2.05, 4.69) is 10.9 Å². The molecule has 0 aromatic heterocycles. The highest BCUT2D eigenvalue weighted by molar-refractivity contribution is 5.96. The first-order valence-electron chi connectivity index (χ1n) is 7.72. The molecule has 130 valence electrons. The molecule has 7 nitrogen and oxygen atoms in total. The SMILES string of the molecule is Cc1cccc(OCC(=O)NNC(=O)c2ccc3c(c2)OCO3)c1C.